The van der Waals surface area contributed by atoms with E-state index in [9.17, 15) is 22.3 Å². The highest BCUT2D eigenvalue weighted by Crippen LogP contribution is 2.36. The molecule has 0 bridgehead atoms. The van der Waals surface area contributed by atoms with Gasteiger partial charge in [-0.1, -0.05) is 71.7 Å². The Hall–Kier alpha value is -2.16. The highest BCUT2D eigenvalue weighted by atomic mass is 79.9. The monoisotopic (exact) mass is 503 g/mol. The molecule has 0 aliphatic heterocycles. The van der Waals surface area contributed by atoms with Crippen LogP contribution in [0.15, 0.2) is 64.0 Å². The minimum Gasteiger partial charge on any atom is -0.505 e. The van der Waals surface area contributed by atoms with Crippen LogP contribution in [0.3, 0.4) is 0 Å². The number of nitrogens with one attached hydrogen (secondary N) is 1. The molecule has 0 radical (unpaired) electrons. The van der Waals surface area contributed by atoms with Crippen LogP contribution in [0.25, 0.3) is 11.1 Å². The third kappa shape index (κ3) is 5.26. The maximum absolute atomic E-state index is 14.2. The van der Waals surface area contributed by atoms with Gasteiger partial charge in [-0.15, -0.1) is 0 Å². The Morgan fingerprint density at radius 1 is 1.00 bits per heavy atom. The second-order valence-electron chi connectivity index (χ2n) is 5.52. The Bertz CT molecular complexity index is 1130. The lowest BCUT2D eigenvalue weighted by atomic mass is 10.0. The molecule has 0 spiro atoms. The average molecular weight is 505 g/mol. The number of hydrogen-bond donors (Lipinski definition) is 2. The minimum absolute atomic E-state index is 0.0196. The number of aromatic hydroxyl groups is 1. The van der Waals surface area contributed by atoms with Gasteiger partial charge in [-0.25, -0.2) is 17.2 Å². The Balaban J connectivity index is 0.00000145. The molecule has 3 aromatic carbocycles. The van der Waals surface area contributed by atoms with E-state index < -0.39 is 38.0 Å². The van der Waals surface area contributed by atoms with E-state index >= 15 is 0 Å². The number of phenolic OH excluding ortho intramolecular Hbond substituents is 1. The Labute approximate surface area is 181 Å². The molecule has 3 aromatic rings. The van der Waals surface area contributed by atoms with Gasteiger partial charge in [0.25, 0.3) is 10.0 Å². The summed E-state index contributed by atoms with van der Waals surface area (Å²) >= 11 is 8.87. The van der Waals surface area contributed by atoms with Gasteiger partial charge in [-0.05, 0) is 23.8 Å². The van der Waals surface area contributed by atoms with E-state index in [2.05, 4.69) is 15.9 Å². The summed E-state index contributed by atoms with van der Waals surface area (Å²) in [5.74, 6) is -2.62. The van der Waals surface area contributed by atoms with Gasteiger partial charge in [-0.3, -0.25) is 4.72 Å². The third-order valence-electron chi connectivity index (χ3n) is 3.67. The van der Waals surface area contributed by atoms with Crippen LogP contribution in [-0.4, -0.2) is 13.5 Å². The third-order valence-corrected chi connectivity index (χ3v) is 5.79. The molecule has 9 heteroatoms. The van der Waals surface area contributed by atoms with Gasteiger partial charge in [0.15, 0.2) is 5.75 Å². The largest absolute Gasteiger partial charge is 0.505 e. The van der Waals surface area contributed by atoms with Crippen molar-refractivity contribution in [2.75, 3.05) is 4.72 Å². The van der Waals surface area contributed by atoms with Gasteiger partial charge < -0.3 is 5.11 Å². The summed E-state index contributed by atoms with van der Waals surface area (Å²) in [6.45, 7) is 4.00. The summed E-state index contributed by atoms with van der Waals surface area (Å²) in [6, 6.07) is 12.3. The van der Waals surface area contributed by atoms with Gasteiger partial charge in [0.2, 0.25) is 0 Å². The lowest BCUT2D eigenvalue weighted by Gasteiger charge is -2.13. The molecule has 3 rings (SSSR count). The fraction of sp³-hybridized carbons (Fsp3) is 0.100. The zero-order valence-corrected chi connectivity index (χ0v) is 18.5. The van der Waals surface area contributed by atoms with Crippen molar-refractivity contribution in [3.8, 4) is 16.9 Å². The predicted molar refractivity (Wildman–Crippen MR) is 115 cm³/mol. The van der Waals surface area contributed by atoms with E-state index in [0.29, 0.717) is 16.1 Å². The van der Waals surface area contributed by atoms with Crippen LogP contribution in [0.1, 0.15) is 13.8 Å². The number of phenols is 1. The van der Waals surface area contributed by atoms with Crippen LogP contribution in [0.4, 0.5) is 14.5 Å². The van der Waals surface area contributed by atoms with Crippen molar-refractivity contribution in [3.05, 3.63) is 75.7 Å². The summed E-state index contributed by atoms with van der Waals surface area (Å²) in [7, 11) is -4.40. The molecular formula is C20H17BrClF2NO3S. The Morgan fingerprint density at radius 2 is 1.62 bits per heavy atom. The Kier molecular flexibility index (Phi) is 7.62. The van der Waals surface area contributed by atoms with Crippen molar-refractivity contribution in [3.63, 3.8) is 0 Å². The molecule has 0 fully saturated rings. The van der Waals surface area contributed by atoms with Crippen molar-refractivity contribution in [2.24, 2.45) is 0 Å². The van der Waals surface area contributed by atoms with E-state index in [1.165, 1.54) is 6.07 Å². The van der Waals surface area contributed by atoms with Gasteiger partial charge >= 0.3 is 0 Å². The van der Waals surface area contributed by atoms with Crippen molar-refractivity contribution < 1.29 is 22.3 Å². The maximum atomic E-state index is 14.2. The first-order chi connectivity index (χ1) is 13.7. The number of halogens is 4. The van der Waals surface area contributed by atoms with Gasteiger partial charge in [-0.2, -0.15) is 0 Å². The maximum Gasteiger partial charge on any atom is 0.265 e. The van der Waals surface area contributed by atoms with E-state index in [1.54, 1.807) is 30.3 Å². The first kappa shape index (κ1) is 23.1. The molecule has 0 heterocycles. The lowest BCUT2D eigenvalue weighted by Crippen LogP contribution is -2.14. The highest BCUT2D eigenvalue weighted by Gasteiger charge is 2.24. The van der Waals surface area contributed by atoms with E-state index in [0.717, 1.165) is 12.1 Å². The fourth-order valence-corrected chi connectivity index (χ4v) is 4.63. The SMILES string of the molecule is CC.O=S(=O)(Nc1cc(-c2ccccc2)c(F)cc1F)c1cc(Br)cc(Cl)c1O. The average Bonchev–Trinajstić information content (AvgIpc) is 2.69. The molecular weight excluding hydrogens is 488 g/mol. The van der Waals surface area contributed by atoms with Crippen molar-refractivity contribution >= 4 is 43.2 Å². The van der Waals surface area contributed by atoms with Gasteiger partial charge in [0.1, 0.15) is 16.5 Å². The molecule has 0 atom stereocenters. The molecule has 0 saturated heterocycles. The zero-order valence-electron chi connectivity index (χ0n) is 15.4. The molecule has 0 aromatic heterocycles. The molecule has 4 nitrogen and oxygen atoms in total. The topological polar surface area (TPSA) is 66.4 Å². The number of rotatable bonds is 4. The van der Waals surface area contributed by atoms with Crippen LogP contribution in [0.2, 0.25) is 5.02 Å². The summed E-state index contributed by atoms with van der Waals surface area (Å²) < 4.78 is 55.9. The van der Waals surface area contributed by atoms with E-state index in [-0.39, 0.29) is 10.6 Å². The van der Waals surface area contributed by atoms with Gasteiger partial charge in [0, 0.05) is 16.1 Å². The molecule has 0 unspecified atom stereocenters. The smallest absolute Gasteiger partial charge is 0.265 e. The van der Waals surface area contributed by atoms with Crippen LogP contribution in [0.5, 0.6) is 5.75 Å². The zero-order chi connectivity index (χ0) is 21.8. The van der Waals surface area contributed by atoms with E-state index in [1.807, 2.05) is 18.6 Å². The summed E-state index contributed by atoms with van der Waals surface area (Å²) in [5.41, 5.74) is 0.000688. The Morgan fingerprint density at radius 3 is 2.24 bits per heavy atom. The summed E-state index contributed by atoms with van der Waals surface area (Å²) in [4.78, 5) is -0.549. The first-order valence-electron chi connectivity index (χ1n) is 8.44. The number of sulfonamides is 1. The second-order valence-corrected chi connectivity index (χ2v) is 8.49. The molecule has 0 aliphatic rings. The van der Waals surface area contributed by atoms with Crippen LogP contribution < -0.4 is 4.72 Å². The molecule has 29 heavy (non-hydrogen) atoms. The highest BCUT2D eigenvalue weighted by molar-refractivity contribution is 9.10. The quantitative estimate of drug-likeness (QED) is 0.422. The molecule has 154 valence electrons. The lowest BCUT2D eigenvalue weighted by molar-refractivity contribution is 0.459. The van der Waals surface area contributed by atoms with Gasteiger partial charge in [0.05, 0.1) is 10.7 Å². The van der Waals surface area contributed by atoms with Crippen LogP contribution >= 0.6 is 27.5 Å². The predicted octanol–water partition coefficient (Wildman–Crippen LogP) is 6.58. The number of benzene rings is 3. The number of anilines is 1. The fourth-order valence-electron chi connectivity index (χ4n) is 2.41. The van der Waals surface area contributed by atoms with Crippen molar-refractivity contribution in [2.45, 2.75) is 18.7 Å². The van der Waals surface area contributed by atoms with Crippen molar-refractivity contribution in [1.82, 2.24) is 0 Å². The molecule has 0 saturated carbocycles. The normalized spacial score (nSPS) is 10.8. The standard InChI is InChI=1S/C18H11BrClF2NO3S.C2H6/c19-11-6-13(20)18(24)17(7-11)27(25,26)23-16-8-12(14(21)9-15(16)22)10-4-2-1-3-5-10;1-2/h1-9,23-24H;1-2H3. The number of hydrogen-bond acceptors (Lipinski definition) is 3. The summed E-state index contributed by atoms with van der Waals surface area (Å²) in [6.07, 6.45) is 0. The van der Waals surface area contributed by atoms with Crippen LogP contribution in [-0.2, 0) is 10.0 Å². The minimum atomic E-state index is -4.40. The van der Waals surface area contributed by atoms with Crippen LogP contribution in [0, 0.1) is 11.6 Å². The van der Waals surface area contributed by atoms with E-state index in [4.69, 9.17) is 11.6 Å². The second kappa shape index (κ2) is 9.56. The van der Waals surface area contributed by atoms with Crippen molar-refractivity contribution in [1.29, 1.82) is 0 Å². The summed E-state index contributed by atoms with van der Waals surface area (Å²) in [5, 5.41) is 9.76. The molecule has 2 N–H and O–H groups in total. The molecule has 0 aliphatic carbocycles. The molecule has 0 amide bonds. The first-order valence-corrected chi connectivity index (χ1v) is 11.1.